The van der Waals surface area contributed by atoms with E-state index in [1.54, 1.807) is 7.11 Å². The van der Waals surface area contributed by atoms with E-state index in [4.69, 9.17) is 16.3 Å². The molecule has 0 spiro atoms. The van der Waals surface area contributed by atoms with Crippen LogP contribution in [0.3, 0.4) is 0 Å². The Kier molecular flexibility index (Phi) is 5.60. The number of fused-ring (bicyclic) bond motifs is 1. The number of carbonyl (C=O) groups is 1. The third-order valence-corrected chi connectivity index (χ3v) is 5.93. The largest absolute Gasteiger partial charge is 0.497 e. The molecule has 1 aliphatic heterocycles. The fourth-order valence-electron chi connectivity index (χ4n) is 3.27. The van der Waals surface area contributed by atoms with Crippen molar-refractivity contribution in [1.29, 1.82) is 0 Å². The van der Waals surface area contributed by atoms with Crippen LogP contribution in [0.1, 0.15) is 29.0 Å². The van der Waals surface area contributed by atoms with E-state index in [-0.39, 0.29) is 23.8 Å². The summed E-state index contributed by atoms with van der Waals surface area (Å²) in [6.45, 7) is 0. The van der Waals surface area contributed by atoms with Crippen LogP contribution in [0.25, 0.3) is 0 Å². The van der Waals surface area contributed by atoms with Gasteiger partial charge in [0.15, 0.2) is 5.16 Å². The lowest BCUT2D eigenvalue weighted by Gasteiger charge is -2.24. The molecule has 0 radical (unpaired) electrons. The van der Waals surface area contributed by atoms with Crippen LogP contribution in [0.5, 0.6) is 5.75 Å². The number of amides is 1. The minimum Gasteiger partial charge on any atom is -0.497 e. The van der Waals surface area contributed by atoms with Gasteiger partial charge in [-0.3, -0.25) is 9.59 Å². The third-order valence-electron chi connectivity index (χ3n) is 4.74. The van der Waals surface area contributed by atoms with Crippen LogP contribution in [-0.2, 0) is 10.5 Å². The molecule has 6 nitrogen and oxygen atoms in total. The number of nitrogens with zero attached hydrogens (tertiary/aromatic N) is 1. The van der Waals surface area contributed by atoms with Gasteiger partial charge in [-0.25, -0.2) is 4.98 Å². The molecule has 0 bridgehead atoms. The van der Waals surface area contributed by atoms with E-state index < -0.39 is 0 Å². The topological polar surface area (TPSA) is 84.1 Å². The van der Waals surface area contributed by atoms with Crippen LogP contribution >= 0.6 is 23.4 Å². The van der Waals surface area contributed by atoms with Crippen molar-refractivity contribution in [2.45, 2.75) is 23.2 Å². The predicted molar refractivity (Wildman–Crippen MR) is 114 cm³/mol. The van der Waals surface area contributed by atoms with E-state index in [0.29, 0.717) is 27.3 Å². The SMILES string of the molecule is COc1ccc(C2CC(=O)Nc3nc(SCc4ccc(Cl)cc4)[nH]c(=O)c32)cc1. The Morgan fingerprint density at radius 3 is 2.55 bits per heavy atom. The molecule has 0 aliphatic carbocycles. The summed E-state index contributed by atoms with van der Waals surface area (Å²) in [4.78, 5) is 32.5. The molecule has 4 rings (SSSR count). The van der Waals surface area contributed by atoms with E-state index in [0.717, 1.165) is 16.9 Å². The molecule has 2 aromatic carbocycles. The zero-order chi connectivity index (χ0) is 20.4. The van der Waals surface area contributed by atoms with Gasteiger partial charge in [0.05, 0.1) is 12.7 Å². The Hall–Kier alpha value is -2.77. The number of hydrogen-bond donors (Lipinski definition) is 2. The highest BCUT2D eigenvalue weighted by Crippen LogP contribution is 2.35. The average Bonchev–Trinajstić information content (AvgIpc) is 2.72. The number of aromatic amines is 1. The summed E-state index contributed by atoms with van der Waals surface area (Å²) in [7, 11) is 1.59. The lowest BCUT2D eigenvalue weighted by atomic mass is 9.87. The Balaban J connectivity index is 1.62. The van der Waals surface area contributed by atoms with E-state index in [1.165, 1.54) is 11.8 Å². The predicted octanol–water partition coefficient (Wildman–Crippen LogP) is 4.20. The summed E-state index contributed by atoms with van der Waals surface area (Å²) in [6.07, 6.45) is 0.196. The highest BCUT2D eigenvalue weighted by molar-refractivity contribution is 7.98. The molecule has 148 valence electrons. The number of rotatable bonds is 5. The van der Waals surface area contributed by atoms with E-state index in [2.05, 4.69) is 15.3 Å². The first kappa shape index (κ1) is 19.5. The summed E-state index contributed by atoms with van der Waals surface area (Å²) in [6, 6.07) is 14.9. The standard InChI is InChI=1S/C21H18ClN3O3S/c1-28-15-8-4-13(5-9-15)16-10-17(26)23-19-18(16)20(27)25-21(24-19)29-11-12-2-6-14(22)7-3-12/h2-9,16H,10-11H2,1H3,(H2,23,24,25,26,27). The molecule has 1 atom stereocenters. The van der Waals surface area contributed by atoms with Crippen LogP contribution in [0.15, 0.2) is 58.5 Å². The number of hydrogen-bond acceptors (Lipinski definition) is 5. The number of halogens is 1. The van der Waals surface area contributed by atoms with Crippen molar-refractivity contribution in [2.75, 3.05) is 12.4 Å². The van der Waals surface area contributed by atoms with Crippen LogP contribution in [0.4, 0.5) is 5.82 Å². The Labute approximate surface area is 176 Å². The van der Waals surface area contributed by atoms with Crippen LogP contribution in [-0.4, -0.2) is 23.0 Å². The van der Waals surface area contributed by atoms with Gasteiger partial charge in [0.25, 0.3) is 5.56 Å². The molecule has 3 aromatic rings. The maximum atomic E-state index is 12.9. The van der Waals surface area contributed by atoms with Gasteiger partial charge in [-0.05, 0) is 35.4 Å². The second-order valence-electron chi connectivity index (χ2n) is 6.63. The molecular formula is C21H18ClN3O3S. The molecule has 29 heavy (non-hydrogen) atoms. The molecular weight excluding hydrogens is 410 g/mol. The monoisotopic (exact) mass is 427 g/mol. The van der Waals surface area contributed by atoms with Crippen molar-refractivity contribution in [2.24, 2.45) is 0 Å². The van der Waals surface area contributed by atoms with Gasteiger partial charge in [-0.15, -0.1) is 0 Å². The third kappa shape index (κ3) is 4.31. The van der Waals surface area contributed by atoms with Crippen LogP contribution < -0.4 is 15.6 Å². The summed E-state index contributed by atoms with van der Waals surface area (Å²) in [5, 5.41) is 3.87. The quantitative estimate of drug-likeness (QED) is 0.471. The first-order chi connectivity index (χ1) is 14.0. The number of methoxy groups -OCH3 is 1. The molecule has 1 aliphatic rings. The number of nitrogens with one attached hydrogen (secondary N) is 2. The number of anilines is 1. The Morgan fingerprint density at radius 2 is 1.86 bits per heavy atom. The van der Waals surface area contributed by atoms with Crippen molar-refractivity contribution in [3.05, 3.63) is 80.6 Å². The highest BCUT2D eigenvalue weighted by Gasteiger charge is 2.31. The molecule has 2 N–H and O–H groups in total. The number of ether oxygens (including phenoxy) is 1. The van der Waals surface area contributed by atoms with Gasteiger partial charge >= 0.3 is 0 Å². The second-order valence-corrected chi connectivity index (χ2v) is 8.03. The normalized spacial score (nSPS) is 15.5. The van der Waals surface area contributed by atoms with Gasteiger partial charge in [-0.2, -0.15) is 0 Å². The fraction of sp³-hybridized carbons (Fsp3) is 0.190. The minimum absolute atomic E-state index is 0.162. The summed E-state index contributed by atoms with van der Waals surface area (Å²) in [5.74, 6) is 1.15. The van der Waals surface area contributed by atoms with Gasteiger partial charge in [-0.1, -0.05) is 47.6 Å². The van der Waals surface area contributed by atoms with Crippen molar-refractivity contribution in [3.63, 3.8) is 0 Å². The highest BCUT2D eigenvalue weighted by atomic mass is 35.5. The number of aromatic nitrogens is 2. The zero-order valence-electron chi connectivity index (χ0n) is 15.6. The van der Waals surface area contributed by atoms with Crippen molar-refractivity contribution in [1.82, 2.24) is 9.97 Å². The molecule has 2 heterocycles. The van der Waals surface area contributed by atoms with Gasteiger partial charge in [0.1, 0.15) is 11.6 Å². The van der Waals surface area contributed by atoms with E-state index >= 15 is 0 Å². The van der Waals surface area contributed by atoms with Crippen molar-refractivity contribution in [3.8, 4) is 5.75 Å². The van der Waals surface area contributed by atoms with Gasteiger partial charge in [0, 0.05) is 23.1 Å². The summed E-state index contributed by atoms with van der Waals surface area (Å²) >= 11 is 7.30. The maximum Gasteiger partial charge on any atom is 0.257 e. The summed E-state index contributed by atoms with van der Waals surface area (Å²) < 4.78 is 5.19. The minimum atomic E-state index is -0.351. The number of thioether (sulfide) groups is 1. The second kappa shape index (κ2) is 8.31. The lowest BCUT2D eigenvalue weighted by molar-refractivity contribution is -0.116. The molecule has 1 amide bonds. The van der Waals surface area contributed by atoms with Crippen LogP contribution in [0.2, 0.25) is 5.02 Å². The molecule has 0 saturated heterocycles. The smallest absolute Gasteiger partial charge is 0.257 e. The lowest BCUT2D eigenvalue weighted by Crippen LogP contribution is -2.31. The molecule has 8 heteroatoms. The Morgan fingerprint density at radius 1 is 1.14 bits per heavy atom. The number of carbonyl (C=O) groups excluding carboxylic acids is 1. The maximum absolute atomic E-state index is 12.9. The van der Waals surface area contributed by atoms with Crippen molar-refractivity contribution >= 4 is 35.1 Å². The molecule has 1 unspecified atom stereocenters. The number of H-pyrrole nitrogens is 1. The first-order valence-electron chi connectivity index (χ1n) is 8.99. The summed E-state index contributed by atoms with van der Waals surface area (Å²) in [5.41, 5.74) is 2.16. The number of benzene rings is 2. The average molecular weight is 428 g/mol. The molecule has 1 aromatic heterocycles. The first-order valence-corrected chi connectivity index (χ1v) is 10.3. The van der Waals surface area contributed by atoms with Gasteiger partial charge in [0.2, 0.25) is 5.91 Å². The molecule has 0 fully saturated rings. The van der Waals surface area contributed by atoms with Crippen molar-refractivity contribution < 1.29 is 9.53 Å². The Bertz CT molecular complexity index is 1100. The molecule has 0 saturated carbocycles. The van der Waals surface area contributed by atoms with E-state index in [1.807, 2.05) is 48.5 Å². The fourth-order valence-corrected chi connectivity index (χ4v) is 4.21. The van der Waals surface area contributed by atoms with Gasteiger partial charge < -0.3 is 15.0 Å². The zero-order valence-corrected chi connectivity index (χ0v) is 17.1. The van der Waals surface area contributed by atoms with E-state index in [9.17, 15) is 9.59 Å². The van der Waals surface area contributed by atoms with Crippen LogP contribution in [0, 0.1) is 0 Å².